The number of hydrogen-bond donors (Lipinski definition) is 1. The van der Waals surface area contributed by atoms with E-state index in [1.165, 1.54) is 17.2 Å². The SMILES string of the molecule is Fc1ccccc1OCC1NCc2ccccc21. The zero-order valence-corrected chi connectivity index (χ0v) is 9.90. The number of halogens is 1. The van der Waals surface area contributed by atoms with Crippen molar-refractivity contribution in [3.8, 4) is 5.75 Å². The fraction of sp³-hybridized carbons (Fsp3) is 0.200. The Morgan fingerprint density at radius 1 is 1.11 bits per heavy atom. The van der Waals surface area contributed by atoms with Crippen LogP contribution in [-0.2, 0) is 6.54 Å². The summed E-state index contributed by atoms with van der Waals surface area (Å²) in [5.74, 6) is -0.00698. The lowest BCUT2D eigenvalue weighted by Gasteiger charge is -2.14. The molecule has 0 amide bonds. The summed E-state index contributed by atoms with van der Waals surface area (Å²) in [4.78, 5) is 0. The Morgan fingerprint density at radius 2 is 1.89 bits per heavy atom. The van der Waals surface area contributed by atoms with Crippen LogP contribution < -0.4 is 10.1 Å². The number of rotatable bonds is 3. The topological polar surface area (TPSA) is 21.3 Å². The van der Waals surface area contributed by atoms with E-state index in [1.807, 2.05) is 12.1 Å². The van der Waals surface area contributed by atoms with Gasteiger partial charge in [-0.25, -0.2) is 4.39 Å². The molecule has 3 heteroatoms. The summed E-state index contributed by atoms with van der Waals surface area (Å²) in [6, 6.07) is 14.9. The van der Waals surface area contributed by atoms with Crippen LogP contribution in [-0.4, -0.2) is 6.61 Å². The van der Waals surface area contributed by atoms with Crippen LogP contribution in [0.3, 0.4) is 0 Å². The Labute approximate surface area is 105 Å². The van der Waals surface area contributed by atoms with E-state index in [2.05, 4.69) is 17.4 Å². The summed E-state index contributed by atoms with van der Waals surface area (Å²) in [6.07, 6.45) is 0. The van der Waals surface area contributed by atoms with Crippen LogP contribution >= 0.6 is 0 Å². The van der Waals surface area contributed by atoms with Gasteiger partial charge in [-0.05, 0) is 23.3 Å². The molecule has 0 spiro atoms. The first kappa shape index (κ1) is 11.2. The van der Waals surface area contributed by atoms with Gasteiger partial charge in [-0.1, -0.05) is 36.4 Å². The molecule has 1 N–H and O–H groups in total. The summed E-state index contributed by atoms with van der Waals surface area (Å²) < 4.78 is 19.0. The standard InChI is InChI=1S/C15H14FNO/c16-13-7-3-4-8-15(13)18-10-14-12-6-2-1-5-11(12)9-17-14/h1-8,14,17H,9-10H2. The van der Waals surface area contributed by atoms with Gasteiger partial charge < -0.3 is 10.1 Å². The molecule has 2 aromatic carbocycles. The van der Waals surface area contributed by atoms with E-state index in [1.54, 1.807) is 18.2 Å². The summed E-state index contributed by atoms with van der Waals surface area (Å²) in [5, 5.41) is 3.36. The first-order valence-corrected chi connectivity index (χ1v) is 6.03. The van der Waals surface area contributed by atoms with Crippen molar-refractivity contribution < 1.29 is 9.13 Å². The van der Waals surface area contributed by atoms with Crippen molar-refractivity contribution in [3.63, 3.8) is 0 Å². The maximum Gasteiger partial charge on any atom is 0.165 e. The van der Waals surface area contributed by atoms with Crippen LogP contribution in [0.25, 0.3) is 0 Å². The minimum absolute atomic E-state index is 0.140. The number of ether oxygens (including phenoxy) is 1. The molecule has 92 valence electrons. The largest absolute Gasteiger partial charge is 0.489 e. The summed E-state index contributed by atoms with van der Waals surface area (Å²) in [5.41, 5.74) is 2.54. The average molecular weight is 243 g/mol. The van der Waals surface area contributed by atoms with Crippen LogP contribution in [0.15, 0.2) is 48.5 Å². The van der Waals surface area contributed by atoms with Gasteiger partial charge in [0.05, 0.1) is 6.04 Å². The van der Waals surface area contributed by atoms with E-state index >= 15 is 0 Å². The van der Waals surface area contributed by atoms with Crippen LogP contribution in [0.2, 0.25) is 0 Å². The van der Waals surface area contributed by atoms with Gasteiger partial charge in [-0.2, -0.15) is 0 Å². The predicted octanol–water partition coefficient (Wildman–Crippen LogP) is 3.05. The second kappa shape index (κ2) is 4.78. The smallest absolute Gasteiger partial charge is 0.165 e. The fourth-order valence-electron chi connectivity index (χ4n) is 2.26. The van der Waals surface area contributed by atoms with Crippen molar-refractivity contribution in [3.05, 3.63) is 65.5 Å². The third kappa shape index (κ3) is 2.09. The van der Waals surface area contributed by atoms with E-state index in [4.69, 9.17) is 4.74 Å². The van der Waals surface area contributed by atoms with Crippen molar-refractivity contribution >= 4 is 0 Å². The minimum Gasteiger partial charge on any atom is -0.489 e. The van der Waals surface area contributed by atoms with Crippen LogP contribution in [0.1, 0.15) is 17.2 Å². The third-order valence-corrected chi connectivity index (χ3v) is 3.21. The van der Waals surface area contributed by atoms with Crippen molar-refractivity contribution in [2.75, 3.05) is 6.61 Å². The maximum absolute atomic E-state index is 13.4. The number of hydrogen-bond acceptors (Lipinski definition) is 2. The lowest BCUT2D eigenvalue weighted by Crippen LogP contribution is -2.19. The number of fused-ring (bicyclic) bond motifs is 1. The average Bonchev–Trinajstić information content (AvgIpc) is 2.81. The summed E-state index contributed by atoms with van der Waals surface area (Å²) in [6.45, 7) is 1.29. The predicted molar refractivity (Wildman–Crippen MR) is 67.9 cm³/mol. The molecule has 1 aliphatic rings. The molecule has 1 atom stereocenters. The molecule has 2 nitrogen and oxygen atoms in total. The van der Waals surface area contributed by atoms with Crippen molar-refractivity contribution in [1.82, 2.24) is 5.32 Å². The number of nitrogens with one attached hydrogen (secondary N) is 1. The lowest BCUT2D eigenvalue weighted by molar-refractivity contribution is 0.262. The molecule has 0 saturated heterocycles. The molecule has 0 radical (unpaired) electrons. The normalized spacial score (nSPS) is 17.5. The van der Waals surface area contributed by atoms with Gasteiger partial charge in [0.15, 0.2) is 11.6 Å². The van der Waals surface area contributed by atoms with E-state index in [-0.39, 0.29) is 11.9 Å². The van der Waals surface area contributed by atoms with Gasteiger partial charge in [0.25, 0.3) is 0 Å². The summed E-state index contributed by atoms with van der Waals surface area (Å²) >= 11 is 0. The number of para-hydroxylation sites is 1. The molecule has 3 rings (SSSR count). The highest BCUT2D eigenvalue weighted by molar-refractivity contribution is 5.34. The van der Waals surface area contributed by atoms with Gasteiger partial charge in [0.1, 0.15) is 6.61 Å². The van der Waals surface area contributed by atoms with E-state index in [0.717, 1.165) is 6.54 Å². The maximum atomic E-state index is 13.4. The Balaban J connectivity index is 1.71. The highest BCUT2D eigenvalue weighted by Gasteiger charge is 2.21. The van der Waals surface area contributed by atoms with Crippen molar-refractivity contribution in [1.29, 1.82) is 0 Å². The molecule has 1 unspecified atom stereocenters. The van der Waals surface area contributed by atoms with E-state index in [0.29, 0.717) is 12.4 Å². The Bertz CT molecular complexity index is 556. The third-order valence-electron chi connectivity index (χ3n) is 3.21. The number of benzene rings is 2. The van der Waals surface area contributed by atoms with Gasteiger partial charge >= 0.3 is 0 Å². The molecular formula is C15H14FNO. The van der Waals surface area contributed by atoms with Gasteiger partial charge in [0, 0.05) is 6.54 Å². The highest BCUT2D eigenvalue weighted by atomic mass is 19.1. The molecular weight excluding hydrogens is 229 g/mol. The Hall–Kier alpha value is -1.87. The zero-order chi connectivity index (χ0) is 12.4. The van der Waals surface area contributed by atoms with Crippen LogP contribution in [0.5, 0.6) is 5.75 Å². The molecule has 2 aromatic rings. The van der Waals surface area contributed by atoms with Gasteiger partial charge in [-0.3, -0.25) is 0 Å². The van der Waals surface area contributed by atoms with Gasteiger partial charge in [-0.15, -0.1) is 0 Å². The summed E-state index contributed by atoms with van der Waals surface area (Å²) in [7, 11) is 0. The molecule has 1 aliphatic heterocycles. The zero-order valence-electron chi connectivity index (χ0n) is 9.90. The molecule has 0 bridgehead atoms. The Kier molecular flexibility index (Phi) is 2.99. The van der Waals surface area contributed by atoms with Crippen LogP contribution in [0.4, 0.5) is 4.39 Å². The molecule has 0 aromatic heterocycles. The molecule has 1 heterocycles. The van der Waals surface area contributed by atoms with E-state index < -0.39 is 0 Å². The first-order chi connectivity index (χ1) is 8.84. The second-order valence-electron chi connectivity index (χ2n) is 4.37. The quantitative estimate of drug-likeness (QED) is 0.894. The van der Waals surface area contributed by atoms with Crippen LogP contribution in [0, 0.1) is 5.82 Å². The van der Waals surface area contributed by atoms with Crippen molar-refractivity contribution in [2.45, 2.75) is 12.6 Å². The van der Waals surface area contributed by atoms with Gasteiger partial charge in [0.2, 0.25) is 0 Å². The first-order valence-electron chi connectivity index (χ1n) is 6.03. The van der Waals surface area contributed by atoms with E-state index in [9.17, 15) is 4.39 Å². The molecule has 0 aliphatic carbocycles. The second-order valence-corrected chi connectivity index (χ2v) is 4.37. The molecule has 0 fully saturated rings. The highest BCUT2D eigenvalue weighted by Crippen LogP contribution is 2.26. The monoisotopic (exact) mass is 243 g/mol. The lowest BCUT2D eigenvalue weighted by atomic mass is 10.1. The molecule has 0 saturated carbocycles. The fourth-order valence-corrected chi connectivity index (χ4v) is 2.26. The minimum atomic E-state index is -0.316. The molecule has 18 heavy (non-hydrogen) atoms. The Morgan fingerprint density at radius 3 is 2.78 bits per heavy atom. The van der Waals surface area contributed by atoms with Crippen molar-refractivity contribution in [2.24, 2.45) is 0 Å².